The van der Waals surface area contributed by atoms with E-state index in [4.69, 9.17) is 9.47 Å². The molecule has 0 unspecified atom stereocenters. The lowest BCUT2D eigenvalue weighted by Gasteiger charge is -2.07. The molecule has 4 nitrogen and oxygen atoms in total. The minimum Gasteiger partial charge on any atom is -0.475 e. The van der Waals surface area contributed by atoms with Crippen LogP contribution in [-0.2, 0) is 11.3 Å². The van der Waals surface area contributed by atoms with Crippen LogP contribution in [0.25, 0.3) is 0 Å². The molecule has 4 heteroatoms. The van der Waals surface area contributed by atoms with Gasteiger partial charge in [-0.1, -0.05) is 13.0 Å². The van der Waals surface area contributed by atoms with E-state index in [0.717, 1.165) is 25.6 Å². The smallest absolute Gasteiger partial charge is 0.213 e. The molecule has 0 spiro atoms. The summed E-state index contributed by atoms with van der Waals surface area (Å²) in [5.41, 5.74) is 1.21. The highest BCUT2D eigenvalue weighted by Crippen LogP contribution is 2.19. The molecule has 1 aromatic rings. The second kappa shape index (κ2) is 7.34. The Morgan fingerprint density at radius 1 is 1.28 bits per heavy atom. The second-order valence-corrected chi connectivity index (χ2v) is 4.62. The highest BCUT2D eigenvalue weighted by atomic mass is 16.5. The fourth-order valence-electron chi connectivity index (χ4n) is 1.60. The van der Waals surface area contributed by atoms with Crippen molar-refractivity contribution < 1.29 is 9.47 Å². The van der Waals surface area contributed by atoms with Gasteiger partial charge in [-0.05, 0) is 24.8 Å². The van der Waals surface area contributed by atoms with E-state index in [2.05, 4.69) is 23.3 Å². The molecule has 0 amide bonds. The highest BCUT2D eigenvalue weighted by molar-refractivity contribution is 5.17. The third-order valence-electron chi connectivity index (χ3n) is 2.80. The van der Waals surface area contributed by atoms with Gasteiger partial charge >= 0.3 is 0 Å². The van der Waals surface area contributed by atoms with Crippen molar-refractivity contribution in [2.24, 2.45) is 0 Å². The molecule has 100 valence electrons. The molecule has 0 aliphatic heterocycles. The summed E-state index contributed by atoms with van der Waals surface area (Å²) in [4.78, 5) is 4.28. The molecule has 1 saturated carbocycles. The summed E-state index contributed by atoms with van der Waals surface area (Å²) in [5.74, 6) is 0.672. The van der Waals surface area contributed by atoms with E-state index < -0.39 is 0 Å². The summed E-state index contributed by atoms with van der Waals surface area (Å²) in [6.07, 6.45) is 5.54. The average molecular weight is 250 g/mol. The van der Waals surface area contributed by atoms with Gasteiger partial charge in [0, 0.05) is 31.5 Å². The number of aromatic nitrogens is 1. The van der Waals surface area contributed by atoms with Gasteiger partial charge in [-0.25, -0.2) is 4.98 Å². The summed E-state index contributed by atoms with van der Waals surface area (Å²) in [7, 11) is 0. The van der Waals surface area contributed by atoms with Gasteiger partial charge in [-0.3, -0.25) is 0 Å². The van der Waals surface area contributed by atoms with E-state index in [1.165, 1.54) is 18.4 Å². The summed E-state index contributed by atoms with van der Waals surface area (Å²) in [6, 6.07) is 4.71. The number of hydrogen-bond acceptors (Lipinski definition) is 4. The monoisotopic (exact) mass is 250 g/mol. The van der Waals surface area contributed by atoms with E-state index in [0.29, 0.717) is 19.1 Å². The van der Waals surface area contributed by atoms with Crippen LogP contribution < -0.4 is 10.1 Å². The quantitative estimate of drug-likeness (QED) is 0.682. The fraction of sp³-hybridized carbons (Fsp3) is 0.643. The van der Waals surface area contributed by atoms with E-state index in [9.17, 15) is 0 Å². The Bertz CT molecular complexity index is 336. The van der Waals surface area contributed by atoms with Crippen molar-refractivity contribution >= 4 is 0 Å². The van der Waals surface area contributed by atoms with Gasteiger partial charge in [0.25, 0.3) is 0 Å². The Balaban J connectivity index is 1.63. The normalized spacial score (nSPS) is 14.7. The van der Waals surface area contributed by atoms with Gasteiger partial charge in [0.1, 0.15) is 6.61 Å². The molecule has 1 aliphatic rings. The molecule has 1 N–H and O–H groups in total. The molecule has 0 saturated heterocycles. The first kappa shape index (κ1) is 13.3. The van der Waals surface area contributed by atoms with Crippen LogP contribution in [0.4, 0.5) is 0 Å². The van der Waals surface area contributed by atoms with Gasteiger partial charge in [-0.15, -0.1) is 0 Å². The van der Waals surface area contributed by atoms with Crippen LogP contribution in [0.3, 0.4) is 0 Å². The van der Waals surface area contributed by atoms with Crippen LogP contribution >= 0.6 is 0 Å². The first-order valence-electron chi connectivity index (χ1n) is 6.77. The third-order valence-corrected chi connectivity index (χ3v) is 2.80. The Kier molecular flexibility index (Phi) is 5.42. The molecule has 1 aliphatic carbocycles. The molecule has 18 heavy (non-hydrogen) atoms. The van der Waals surface area contributed by atoms with Gasteiger partial charge in [-0.2, -0.15) is 0 Å². The Labute approximate surface area is 109 Å². The van der Waals surface area contributed by atoms with Gasteiger partial charge in [0.05, 0.1) is 6.61 Å². The number of hydrogen-bond donors (Lipinski definition) is 1. The third kappa shape index (κ3) is 5.02. The summed E-state index contributed by atoms with van der Waals surface area (Å²) in [5, 5.41) is 3.46. The van der Waals surface area contributed by atoms with Crippen LogP contribution in [0.2, 0.25) is 0 Å². The van der Waals surface area contributed by atoms with Crippen LogP contribution in [0.1, 0.15) is 31.7 Å². The van der Waals surface area contributed by atoms with E-state index in [1.807, 2.05) is 12.3 Å². The predicted molar refractivity (Wildman–Crippen MR) is 70.7 cm³/mol. The highest BCUT2D eigenvalue weighted by Gasteiger charge is 2.19. The average Bonchev–Trinajstić information content (AvgIpc) is 3.22. The zero-order valence-corrected chi connectivity index (χ0v) is 11.0. The number of rotatable bonds is 9. The van der Waals surface area contributed by atoms with Crippen molar-refractivity contribution in [1.29, 1.82) is 0 Å². The van der Waals surface area contributed by atoms with Crippen molar-refractivity contribution in [2.45, 2.75) is 38.8 Å². The SMILES string of the molecule is CCCOCCOc1ccc(CNC2CC2)cn1. The minimum absolute atomic E-state index is 0.562. The van der Waals surface area contributed by atoms with Gasteiger partial charge in [0.2, 0.25) is 5.88 Å². The molecule has 0 atom stereocenters. The van der Waals surface area contributed by atoms with Gasteiger partial charge in [0.15, 0.2) is 0 Å². The molecule has 1 heterocycles. The Morgan fingerprint density at radius 2 is 2.17 bits per heavy atom. The maximum atomic E-state index is 5.49. The molecular weight excluding hydrogens is 228 g/mol. The Morgan fingerprint density at radius 3 is 2.83 bits per heavy atom. The maximum Gasteiger partial charge on any atom is 0.213 e. The van der Waals surface area contributed by atoms with Crippen LogP contribution in [0.15, 0.2) is 18.3 Å². The summed E-state index contributed by atoms with van der Waals surface area (Å²) < 4.78 is 10.8. The van der Waals surface area contributed by atoms with Crippen molar-refractivity contribution in [3.8, 4) is 5.88 Å². The summed E-state index contributed by atoms with van der Waals surface area (Å²) in [6.45, 7) is 4.98. The van der Waals surface area contributed by atoms with E-state index >= 15 is 0 Å². The van der Waals surface area contributed by atoms with Crippen molar-refractivity contribution in [1.82, 2.24) is 10.3 Å². The predicted octanol–water partition coefficient (Wildman–Crippen LogP) is 2.14. The fourth-order valence-corrected chi connectivity index (χ4v) is 1.60. The maximum absolute atomic E-state index is 5.49. The Hall–Kier alpha value is -1.13. The topological polar surface area (TPSA) is 43.4 Å². The second-order valence-electron chi connectivity index (χ2n) is 4.62. The zero-order chi connectivity index (χ0) is 12.6. The molecule has 1 aromatic heterocycles. The molecular formula is C14H22N2O2. The van der Waals surface area contributed by atoms with Crippen LogP contribution in [-0.4, -0.2) is 30.8 Å². The van der Waals surface area contributed by atoms with E-state index in [1.54, 1.807) is 0 Å². The number of nitrogens with zero attached hydrogens (tertiary/aromatic N) is 1. The molecule has 1 fully saturated rings. The first-order valence-corrected chi connectivity index (χ1v) is 6.77. The van der Waals surface area contributed by atoms with Crippen LogP contribution in [0, 0.1) is 0 Å². The van der Waals surface area contributed by atoms with E-state index in [-0.39, 0.29) is 0 Å². The molecule has 0 radical (unpaired) electrons. The van der Waals surface area contributed by atoms with Gasteiger partial charge < -0.3 is 14.8 Å². The van der Waals surface area contributed by atoms with Crippen molar-refractivity contribution in [3.63, 3.8) is 0 Å². The number of ether oxygens (including phenoxy) is 2. The lowest BCUT2D eigenvalue weighted by atomic mass is 10.3. The number of nitrogens with one attached hydrogen (secondary N) is 1. The standard InChI is InChI=1S/C14H22N2O2/c1-2-7-17-8-9-18-14-6-3-12(11-16-14)10-15-13-4-5-13/h3,6,11,13,15H,2,4-5,7-10H2,1H3. The molecule has 0 bridgehead atoms. The lowest BCUT2D eigenvalue weighted by Crippen LogP contribution is -2.15. The zero-order valence-electron chi connectivity index (χ0n) is 11.0. The summed E-state index contributed by atoms with van der Waals surface area (Å²) >= 11 is 0. The van der Waals surface area contributed by atoms with Crippen LogP contribution in [0.5, 0.6) is 5.88 Å². The molecule has 0 aromatic carbocycles. The lowest BCUT2D eigenvalue weighted by molar-refractivity contribution is 0.0990. The van der Waals surface area contributed by atoms with Crippen molar-refractivity contribution in [2.75, 3.05) is 19.8 Å². The largest absolute Gasteiger partial charge is 0.475 e. The minimum atomic E-state index is 0.562. The molecule has 2 rings (SSSR count). The van der Waals surface area contributed by atoms with Crippen molar-refractivity contribution in [3.05, 3.63) is 23.9 Å². The number of pyridine rings is 1. The first-order chi connectivity index (χ1) is 8.88.